The number of nitriles is 1. The average Bonchev–Trinajstić information content (AvgIpc) is 2.35. The van der Waals surface area contributed by atoms with Crippen molar-refractivity contribution in [1.29, 1.82) is 5.26 Å². The number of para-hydroxylation sites is 1. The third-order valence-electron chi connectivity index (χ3n) is 2.94. The molecule has 1 unspecified atom stereocenters. The van der Waals surface area contributed by atoms with Gasteiger partial charge in [0, 0.05) is 6.04 Å². The van der Waals surface area contributed by atoms with Crippen molar-refractivity contribution in [2.24, 2.45) is 5.92 Å². The number of anilines is 1. The molecule has 0 radical (unpaired) electrons. The first kappa shape index (κ1) is 13.4. The highest BCUT2D eigenvalue weighted by molar-refractivity contribution is 5.66. The van der Waals surface area contributed by atoms with Crippen molar-refractivity contribution >= 4 is 5.69 Å². The SMILES string of the molecule is CCC(Nc1c(C#N)cccc1OC)C(C)C. The molecule has 3 heteroatoms. The number of benzene rings is 1. The van der Waals surface area contributed by atoms with Crippen LogP contribution in [0.25, 0.3) is 0 Å². The smallest absolute Gasteiger partial charge is 0.143 e. The number of rotatable bonds is 5. The Hall–Kier alpha value is -1.69. The Bertz CT molecular complexity index is 407. The Balaban J connectivity index is 3.07. The molecular formula is C14H20N2O. The van der Waals surface area contributed by atoms with Crippen LogP contribution in [-0.2, 0) is 0 Å². The molecule has 3 nitrogen and oxygen atoms in total. The van der Waals surface area contributed by atoms with Crippen LogP contribution in [-0.4, -0.2) is 13.2 Å². The Morgan fingerprint density at radius 2 is 2.12 bits per heavy atom. The van der Waals surface area contributed by atoms with E-state index >= 15 is 0 Å². The van der Waals surface area contributed by atoms with E-state index in [1.54, 1.807) is 13.2 Å². The normalized spacial score (nSPS) is 12.0. The number of hydrogen-bond donors (Lipinski definition) is 1. The number of ether oxygens (including phenoxy) is 1. The zero-order chi connectivity index (χ0) is 12.8. The average molecular weight is 232 g/mol. The second-order valence-electron chi connectivity index (χ2n) is 4.40. The van der Waals surface area contributed by atoms with Crippen LogP contribution in [0.2, 0.25) is 0 Å². The fourth-order valence-corrected chi connectivity index (χ4v) is 1.87. The molecule has 0 heterocycles. The molecule has 1 rings (SSSR count). The summed E-state index contributed by atoms with van der Waals surface area (Å²) in [5.74, 6) is 1.24. The lowest BCUT2D eigenvalue weighted by Crippen LogP contribution is -2.25. The van der Waals surface area contributed by atoms with Gasteiger partial charge in [0.25, 0.3) is 0 Å². The molecule has 0 aliphatic heterocycles. The van der Waals surface area contributed by atoms with Crippen LogP contribution >= 0.6 is 0 Å². The topological polar surface area (TPSA) is 45.0 Å². The lowest BCUT2D eigenvalue weighted by Gasteiger charge is -2.23. The first-order valence-corrected chi connectivity index (χ1v) is 5.97. The zero-order valence-electron chi connectivity index (χ0n) is 10.9. The maximum Gasteiger partial charge on any atom is 0.143 e. The van der Waals surface area contributed by atoms with Crippen molar-refractivity contribution in [2.45, 2.75) is 33.2 Å². The van der Waals surface area contributed by atoms with Crippen molar-refractivity contribution in [2.75, 3.05) is 12.4 Å². The summed E-state index contributed by atoms with van der Waals surface area (Å²) in [5, 5.41) is 12.5. The van der Waals surface area contributed by atoms with E-state index in [9.17, 15) is 0 Å². The summed E-state index contributed by atoms with van der Waals surface area (Å²) in [6.07, 6.45) is 1.01. The van der Waals surface area contributed by atoms with Crippen LogP contribution in [0, 0.1) is 17.2 Å². The molecule has 0 amide bonds. The van der Waals surface area contributed by atoms with Gasteiger partial charge in [0.2, 0.25) is 0 Å². The molecule has 0 aromatic heterocycles. The van der Waals surface area contributed by atoms with Crippen LogP contribution < -0.4 is 10.1 Å². The van der Waals surface area contributed by atoms with E-state index in [2.05, 4.69) is 32.2 Å². The molecule has 0 saturated carbocycles. The van der Waals surface area contributed by atoms with Gasteiger partial charge in [-0.3, -0.25) is 0 Å². The van der Waals surface area contributed by atoms with Gasteiger partial charge in [-0.15, -0.1) is 0 Å². The van der Waals surface area contributed by atoms with E-state index in [-0.39, 0.29) is 0 Å². The Kier molecular flexibility index (Phi) is 4.84. The van der Waals surface area contributed by atoms with E-state index in [0.717, 1.165) is 17.9 Å². The summed E-state index contributed by atoms with van der Waals surface area (Å²) < 4.78 is 5.30. The lowest BCUT2D eigenvalue weighted by atomic mass is 10.0. The highest BCUT2D eigenvalue weighted by Gasteiger charge is 2.15. The summed E-state index contributed by atoms with van der Waals surface area (Å²) in [7, 11) is 1.62. The summed E-state index contributed by atoms with van der Waals surface area (Å²) in [5.41, 5.74) is 1.43. The van der Waals surface area contributed by atoms with Crippen molar-refractivity contribution in [3.05, 3.63) is 23.8 Å². The Labute approximate surface area is 103 Å². The van der Waals surface area contributed by atoms with E-state index in [4.69, 9.17) is 10.00 Å². The van der Waals surface area contributed by atoms with Gasteiger partial charge in [-0.1, -0.05) is 26.8 Å². The highest BCUT2D eigenvalue weighted by atomic mass is 16.5. The number of methoxy groups -OCH3 is 1. The maximum absolute atomic E-state index is 9.12. The van der Waals surface area contributed by atoms with Crippen molar-refractivity contribution in [3.63, 3.8) is 0 Å². The molecular weight excluding hydrogens is 212 g/mol. The summed E-state index contributed by atoms with van der Waals surface area (Å²) in [6.45, 7) is 6.48. The van der Waals surface area contributed by atoms with Crippen LogP contribution in [0.4, 0.5) is 5.69 Å². The minimum atomic E-state index is 0.346. The molecule has 1 N–H and O–H groups in total. The van der Waals surface area contributed by atoms with Crippen molar-refractivity contribution in [3.8, 4) is 11.8 Å². The molecule has 0 spiro atoms. The lowest BCUT2D eigenvalue weighted by molar-refractivity contribution is 0.414. The van der Waals surface area contributed by atoms with E-state index in [1.165, 1.54) is 0 Å². The molecule has 1 aromatic carbocycles. The van der Waals surface area contributed by atoms with E-state index in [0.29, 0.717) is 17.5 Å². The third kappa shape index (κ3) is 3.13. The van der Waals surface area contributed by atoms with Crippen molar-refractivity contribution < 1.29 is 4.74 Å². The van der Waals surface area contributed by atoms with Crippen molar-refractivity contribution in [1.82, 2.24) is 0 Å². The first-order valence-electron chi connectivity index (χ1n) is 5.97. The van der Waals surface area contributed by atoms with Gasteiger partial charge in [-0.2, -0.15) is 5.26 Å². The van der Waals surface area contributed by atoms with E-state index in [1.807, 2.05) is 12.1 Å². The quantitative estimate of drug-likeness (QED) is 0.846. The Morgan fingerprint density at radius 3 is 2.59 bits per heavy atom. The summed E-state index contributed by atoms with van der Waals surface area (Å²) in [6, 6.07) is 8.05. The van der Waals surface area contributed by atoms with Gasteiger partial charge in [-0.25, -0.2) is 0 Å². The summed E-state index contributed by atoms with van der Waals surface area (Å²) in [4.78, 5) is 0. The largest absolute Gasteiger partial charge is 0.495 e. The van der Waals surface area contributed by atoms with Gasteiger partial charge in [0.1, 0.15) is 11.8 Å². The second-order valence-corrected chi connectivity index (χ2v) is 4.40. The fourth-order valence-electron chi connectivity index (χ4n) is 1.87. The second kappa shape index (κ2) is 6.15. The Morgan fingerprint density at radius 1 is 1.41 bits per heavy atom. The van der Waals surface area contributed by atoms with Gasteiger partial charge < -0.3 is 10.1 Å². The molecule has 1 atom stereocenters. The van der Waals surface area contributed by atoms with Crippen LogP contribution in [0.5, 0.6) is 5.75 Å². The van der Waals surface area contributed by atoms with E-state index < -0.39 is 0 Å². The molecule has 0 fully saturated rings. The number of nitrogens with one attached hydrogen (secondary N) is 1. The monoisotopic (exact) mass is 232 g/mol. The molecule has 17 heavy (non-hydrogen) atoms. The highest BCUT2D eigenvalue weighted by Crippen LogP contribution is 2.29. The molecule has 0 bridgehead atoms. The first-order chi connectivity index (χ1) is 8.13. The molecule has 1 aromatic rings. The standard InChI is InChI=1S/C14H20N2O/c1-5-12(10(2)3)16-14-11(9-15)7-6-8-13(14)17-4/h6-8,10,12,16H,5H2,1-4H3. The van der Waals surface area contributed by atoms with Crippen LogP contribution in [0.3, 0.4) is 0 Å². The van der Waals surface area contributed by atoms with Gasteiger partial charge in [0.05, 0.1) is 18.4 Å². The van der Waals surface area contributed by atoms with Gasteiger partial charge in [-0.05, 0) is 24.5 Å². The van der Waals surface area contributed by atoms with Crippen LogP contribution in [0.1, 0.15) is 32.8 Å². The molecule has 0 saturated heterocycles. The molecule has 92 valence electrons. The minimum absolute atomic E-state index is 0.346. The maximum atomic E-state index is 9.12. The zero-order valence-corrected chi connectivity index (χ0v) is 10.9. The molecule has 0 aliphatic carbocycles. The minimum Gasteiger partial charge on any atom is -0.495 e. The number of nitrogens with zero attached hydrogens (tertiary/aromatic N) is 1. The predicted molar refractivity (Wildman–Crippen MR) is 70.2 cm³/mol. The fraction of sp³-hybridized carbons (Fsp3) is 0.500. The summed E-state index contributed by atoms with van der Waals surface area (Å²) >= 11 is 0. The van der Waals surface area contributed by atoms with Crippen LogP contribution in [0.15, 0.2) is 18.2 Å². The molecule has 0 aliphatic rings. The third-order valence-corrected chi connectivity index (χ3v) is 2.94. The van der Waals surface area contributed by atoms with Gasteiger partial charge in [0.15, 0.2) is 0 Å². The number of hydrogen-bond acceptors (Lipinski definition) is 3. The van der Waals surface area contributed by atoms with Gasteiger partial charge >= 0.3 is 0 Å². The predicted octanol–water partition coefficient (Wildman–Crippen LogP) is 3.41.